The molecule has 0 aliphatic carbocycles. The van der Waals surface area contributed by atoms with Gasteiger partial charge in [0.2, 0.25) is 0 Å². The molecule has 2 saturated heterocycles. The van der Waals surface area contributed by atoms with Crippen molar-refractivity contribution in [1.29, 1.82) is 5.41 Å². The quantitative estimate of drug-likeness (QED) is 0.350. The van der Waals surface area contributed by atoms with Crippen LogP contribution in [0.2, 0.25) is 10.0 Å². The topological polar surface area (TPSA) is 82.1 Å². The highest BCUT2D eigenvalue weighted by Crippen LogP contribution is 2.40. The van der Waals surface area contributed by atoms with Gasteiger partial charge in [0, 0.05) is 60.5 Å². The lowest BCUT2D eigenvalue weighted by Crippen LogP contribution is -2.57. The summed E-state index contributed by atoms with van der Waals surface area (Å²) in [6.07, 6.45) is 7.00. The summed E-state index contributed by atoms with van der Waals surface area (Å²) in [5.74, 6) is 1.06. The smallest absolute Gasteiger partial charge is 0.128 e. The molecule has 3 aromatic rings. The van der Waals surface area contributed by atoms with Crippen LogP contribution in [0.1, 0.15) is 41.5 Å². The number of nitrogens with one attached hydrogen (secondary N) is 1. The number of hydrogen-bond acceptors (Lipinski definition) is 6. The average molecular weight is 509 g/mol. The van der Waals surface area contributed by atoms with Crippen LogP contribution in [0, 0.1) is 10.8 Å². The van der Waals surface area contributed by atoms with Crippen LogP contribution in [0.4, 0.5) is 11.5 Å². The SMILES string of the molecule is C[C@@H](Cc1ccc(N)c(C(=N)c2ccc(N3CC4(CCN(C)C4)C3)nc2)c1)c1c(Cl)cncc1Cl. The molecule has 0 bridgehead atoms. The first-order valence-electron chi connectivity index (χ1n) is 11.9. The Labute approximate surface area is 216 Å². The van der Waals surface area contributed by atoms with E-state index in [2.05, 4.69) is 33.7 Å². The van der Waals surface area contributed by atoms with Crippen molar-refractivity contribution >= 4 is 40.4 Å². The Kier molecular flexibility index (Phi) is 6.47. The second-order valence-corrected chi connectivity index (χ2v) is 11.0. The highest BCUT2D eigenvalue weighted by Gasteiger charge is 2.47. The van der Waals surface area contributed by atoms with Crippen molar-refractivity contribution in [3.8, 4) is 0 Å². The van der Waals surface area contributed by atoms with Crippen LogP contribution in [0.3, 0.4) is 0 Å². The second kappa shape index (κ2) is 9.41. The number of benzene rings is 1. The zero-order valence-electron chi connectivity index (χ0n) is 20.1. The van der Waals surface area contributed by atoms with Crippen LogP contribution in [-0.4, -0.2) is 53.8 Å². The third-order valence-corrected chi connectivity index (χ3v) is 7.96. The van der Waals surface area contributed by atoms with Crippen LogP contribution in [0.25, 0.3) is 0 Å². The summed E-state index contributed by atoms with van der Waals surface area (Å²) >= 11 is 12.7. The second-order valence-electron chi connectivity index (χ2n) is 10.2. The first kappa shape index (κ1) is 24.0. The van der Waals surface area contributed by atoms with E-state index in [1.54, 1.807) is 18.6 Å². The predicted octanol–water partition coefficient (Wildman–Crippen LogP) is 5.27. The zero-order valence-corrected chi connectivity index (χ0v) is 21.6. The van der Waals surface area contributed by atoms with Gasteiger partial charge in [-0.25, -0.2) is 4.98 Å². The molecule has 0 saturated carbocycles. The molecule has 3 N–H and O–H groups in total. The number of likely N-dealkylation sites (tertiary alicyclic amines) is 1. The molecule has 2 aliphatic rings. The average Bonchev–Trinajstić information content (AvgIpc) is 3.21. The standard InChI is InChI=1S/C27H30Cl2N6/c1-17(25-21(28)12-32-13-22(25)29)9-18-3-5-23(30)20(10-18)26(31)19-4-6-24(33-11-19)35-15-27(16-35)7-8-34(2)14-27/h3-6,10-13,17,31H,7-9,14-16,30H2,1-2H3/t17-/m0/s1. The number of nitrogen functional groups attached to an aromatic ring is 1. The molecule has 1 aromatic carbocycles. The molecule has 1 atom stereocenters. The minimum absolute atomic E-state index is 0.0871. The zero-order chi connectivity index (χ0) is 24.7. The monoisotopic (exact) mass is 508 g/mol. The first-order valence-corrected chi connectivity index (χ1v) is 12.7. The van der Waals surface area contributed by atoms with Crippen LogP contribution >= 0.6 is 23.2 Å². The number of halogens is 2. The van der Waals surface area contributed by atoms with Crippen molar-refractivity contribution in [2.45, 2.75) is 25.7 Å². The fraction of sp³-hybridized carbons (Fsp3) is 0.370. The van der Waals surface area contributed by atoms with Crippen molar-refractivity contribution in [1.82, 2.24) is 14.9 Å². The highest BCUT2D eigenvalue weighted by atomic mass is 35.5. The van der Waals surface area contributed by atoms with Crippen LogP contribution < -0.4 is 10.6 Å². The molecule has 1 spiro atoms. The van der Waals surface area contributed by atoms with Crippen LogP contribution in [0.15, 0.2) is 48.9 Å². The number of aromatic nitrogens is 2. The fourth-order valence-electron chi connectivity index (χ4n) is 5.51. The molecule has 6 nitrogen and oxygen atoms in total. The number of rotatable bonds is 6. The maximum Gasteiger partial charge on any atom is 0.128 e. The summed E-state index contributed by atoms with van der Waals surface area (Å²) in [7, 11) is 2.20. The van der Waals surface area contributed by atoms with Crippen LogP contribution in [-0.2, 0) is 6.42 Å². The maximum atomic E-state index is 8.82. The number of pyridine rings is 2. The van der Waals surface area contributed by atoms with Gasteiger partial charge in [-0.2, -0.15) is 0 Å². The Hall–Kier alpha value is -2.67. The molecule has 0 unspecified atom stereocenters. The number of nitrogens with two attached hydrogens (primary N) is 1. The highest BCUT2D eigenvalue weighted by molar-refractivity contribution is 6.35. The Bertz CT molecular complexity index is 1230. The van der Waals surface area contributed by atoms with E-state index in [0.29, 0.717) is 38.8 Å². The van der Waals surface area contributed by atoms with E-state index in [1.807, 2.05) is 30.3 Å². The third-order valence-electron chi connectivity index (χ3n) is 7.35. The Morgan fingerprint density at radius 1 is 1.11 bits per heavy atom. The minimum atomic E-state index is 0.0871. The van der Waals surface area contributed by atoms with Gasteiger partial charge >= 0.3 is 0 Å². The van der Waals surface area contributed by atoms with E-state index in [9.17, 15) is 0 Å². The molecule has 2 aliphatic heterocycles. The van der Waals surface area contributed by atoms with Crippen molar-refractivity contribution in [3.63, 3.8) is 0 Å². The van der Waals surface area contributed by atoms with Crippen molar-refractivity contribution in [2.75, 3.05) is 43.9 Å². The lowest BCUT2D eigenvalue weighted by molar-refractivity contribution is 0.216. The molecule has 8 heteroatoms. The molecule has 4 heterocycles. The number of nitrogens with zero attached hydrogens (tertiary/aromatic N) is 4. The fourth-order valence-corrected chi connectivity index (χ4v) is 6.25. The van der Waals surface area contributed by atoms with E-state index >= 15 is 0 Å². The summed E-state index contributed by atoms with van der Waals surface area (Å²) in [4.78, 5) is 13.5. The van der Waals surface area contributed by atoms with E-state index < -0.39 is 0 Å². The Balaban J connectivity index is 1.29. The van der Waals surface area contributed by atoms with Gasteiger partial charge < -0.3 is 15.5 Å². The summed E-state index contributed by atoms with van der Waals surface area (Å²) in [6, 6.07) is 9.84. The van der Waals surface area contributed by atoms with Crippen molar-refractivity contribution in [3.05, 3.63) is 81.2 Å². The largest absolute Gasteiger partial charge is 0.398 e. The van der Waals surface area contributed by atoms with Gasteiger partial charge in [-0.15, -0.1) is 0 Å². The molecular weight excluding hydrogens is 479 g/mol. The number of hydrogen-bond donors (Lipinski definition) is 2. The van der Waals surface area contributed by atoms with Gasteiger partial charge in [-0.3, -0.25) is 10.4 Å². The maximum absolute atomic E-state index is 8.82. The molecule has 2 fully saturated rings. The van der Waals surface area contributed by atoms with Crippen LogP contribution in [0.5, 0.6) is 0 Å². The molecule has 182 valence electrons. The Morgan fingerprint density at radius 2 is 1.86 bits per heavy atom. The predicted molar refractivity (Wildman–Crippen MR) is 144 cm³/mol. The van der Waals surface area contributed by atoms with E-state index in [-0.39, 0.29) is 5.92 Å². The van der Waals surface area contributed by atoms with Gasteiger partial charge in [0.25, 0.3) is 0 Å². The molecule has 0 radical (unpaired) electrons. The summed E-state index contributed by atoms with van der Waals surface area (Å²) < 4.78 is 0. The summed E-state index contributed by atoms with van der Waals surface area (Å²) in [5, 5.41) is 9.95. The minimum Gasteiger partial charge on any atom is -0.398 e. The van der Waals surface area contributed by atoms with Gasteiger partial charge in [0.1, 0.15) is 5.82 Å². The van der Waals surface area contributed by atoms with Gasteiger partial charge in [0.15, 0.2) is 0 Å². The molecule has 0 amide bonds. The van der Waals surface area contributed by atoms with Crippen molar-refractivity contribution in [2.24, 2.45) is 5.41 Å². The lowest BCUT2D eigenvalue weighted by atomic mass is 9.79. The van der Waals surface area contributed by atoms with E-state index in [4.69, 9.17) is 34.3 Å². The normalized spacial score (nSPS) is 18.0. The molecular formula is C27H30Cl2N6. The van der Waals surface area contributed by atoms with Gasteiger partial charge in [-0.1, -0.05) is 36.2 Å². The molecule has 5 rings (SSSR count). The van der Waals surface area contributed by atoms with E-state index in [0.717, 1.165) is 35.6 Å². The van der Waals surface area contributed by atoms with Gasteiger partial charge in [0.05, 0.1) is 15.8 Å². The summed E-state index contributed by atoms with van der Waals surface area (Å²) in [5.41, 5.74) is 11.1. The first-order chi connectivity index (χ1) is 16.7. The number of anilines is 2. The van der Waals surface area contributed by atoms with E-state index in [1.165, 1.54) is 19.5 Å². The Morgan fingerprint density at radius 3 is 2.49 bits per heavy atom. The lowest BCUT2D eigenvalue weighted by Gasteiger charge is -2.48. The molecule has 2 aromatic heterocycles. The molecule has 35 heavy (non-hydrogen) atoms. The summed E-state index contributed by atoms with van der Waals surface area (Å²) in [6.45, 7) is 6.54. The van der Waals surface area contributed by atoms with Gasteiger partial charge in [-0.05, 0) is 67.7 Å². The van der Waals surface area contributed by atoms with Crippen molar-refractivity contribution < 1.29 is 0 Å². The third kappa shape index (κ3) is 4.75.